The van der Waals surface area contributed by atoms with Crippen LogP contribution in [0.25, 0.3) is 11.3 Å². The molecule has 3 nitrogen and oxygen atoms in total. The zero-order valence-corrected chi connectivity index (χ0v) is 13.4. The molecule has 0 saturated heterocycles. The van der Waals surface area contributed by atoms with E-state index in [4.69, 9.17) is 4.74 Å². The molecule has 0 aliphatic carbocycles. The lowest BCUT2D eigenvalue weighted by Crippen LogP contribution is -2.14. The highest BCUT2D eigenvalue weighted by molar-refractivity contribution is 5.61. The molecule has 0 unspecified atom stereocenters. The monoisotopic (exact) mass is 290 g/mol. The lowest BCUT2D eigenvalue weighted by Gasteiger charge is -2.21. The Morgan fingerprint density at radius 2 is 2.00 bits per heavy atom. The van der Waals surface area contributed by atoms with Crippen molar-refractivity contribution in [2.24, 2.45) is 0 Å². The van der Waals surface area contributed by atoms with Crippen LogP contribution in [0.5, 0.6) is 0 Å². The highest BCUT2D eigenvalue weighted by atomic mass is 19.1. The molecule has 2 aromatic rings. The molecule has 0 radical (unpaired) electrons. The van der Waals surface area contributed by atoms with Gasteiger partial charge in [0.2, 0.25) is 0 Å². The number of aromatic nitrogens is 2. The molecule has 1 aromatic carbocycles. The minimum atomic E-state index is -0.233. The predicted molar refractivity (Wildman–Crippen MR) is 82.9 cm³/mol. The Balaban J connectivity index is 2.40. The number of rotatable bonds is 4. The van der Waals surface area contributed by atoms with Crippen LogP contribution in [0.4, 0.5) is 4.39 Å². The molecule has 0 fully saturated rings. The van der Waals surface area contributed by atoms with Crippen LogP contribution in [0.3, 0.4) is 0 Å². The van der Waals surface area contributed by atoms with Gasteiger partial charge in [-0.05, 0) is 35.6 Å². The molecule has 0 N–H and O–H groups in total. The van der Waals surface area contributed by atoms with Gasteiger partial charge in [-0.3, -0.25) is 0 Å². The van der Waals surface area contributed by atoms with Gasteiger partial charge >= 0.3 is 0 Å². The first-order valence-electron chi connectivity index (χ1n) is 7.14. The second kappa shape index (κ2) is 5.98. The van der Waals surface area contributed by atoms with Gasteiger partial charge < -0.3 is 9.30 Å². The Labute approximate surface area is 125 Å². The Hall–Kier alpha value is -1.68. The van der Waals surface area contributed by atoms with Crippen LogP contribution in [0, 0.1) is 12.7 Å². The van der Waals surface area contributed by atoms with Crippen molar-refractivity contribution >= 4 is 0 Å². The van der Waals surface area contributed by atoms with Crippen LogP contribution in [0.15, 0.2) is 24.7 Å². The Morgan fingerprint density at radius 1 is 1.29 bits per heavy atom. The van der Waals surface area contributed by atoms with Crippen molar-refractivity contribution in [3.8, 4) is 11.3 Å². The maximum atomic E-state index is 14.3. The Kier molecular flexibility index (Phi) is 4.47. The molecular formula is C17H23FN2O. The molecule has 0 amide bonds. The van der Waals surface area contributed by atoms with E-state index in [1.807, 2.05) is 43.7 Å². The molecule has 1 heterocycles. The summed E-state index contributed by atoms with van der Waals surface area (Å²) in [4.78, 5) is 4.42. The molecule has 4 heteroatoms. The number of ether oxygens (including phenoxy) is 1. The van der Waals surface area contributed by atoms with E-state index < -0.39 is 0 Å². The van der Waals surface area contributed by atoms with Gasteiger partial charge in [0.05, 0.1) is 18.6 Å². The molecular weight excluding hydrogens is 267 g/mol. The quantitative estimate of drug-likeness (QED) is 0.852. The molecule has 2 rings (SSSR count). The zero-order valence-electron chi connectivity index (χ0n) is 13.4. The normalized spacial score (nSPS) is 11.9. The lowest BCUT2D eigenvalue weighted by atomic mass is 9.84. The molecule has 114 valence electrons. The Morgan fingerprint density at radius 3 is 2.62 bits per heavy atom. The topological polar surface area (TPSA) is 27.1 Å². The zero-order chi connectivity index (χ0) is 15.6. The second-order valence-corrected chi connectivity index (χ2v) is 6.39. The maximum absolute atomic E-state index is 14.3. The van der Waals surface area contributed by atoms with E-state index >= 15 is 0 Å². The summed E-state index contributed by atoms with van der Waals surface area (Å²) >= 11 is 0. The number of halogens is 1. The standard InChI is InChI=1S/C17H23FN2O/c1-12-8-13(9-14(16(12)18)17(2,3)4)15-10-20(11-19-15)6-7-21-5/h8-11H,6-7H2,1-5H3. The van der Waals surface area contributed by atoms with Crippen LogP contribution in [-0.4, -0.2) is 23.3 Å². The van der Waals surface area contributed by atoms with E-state index in [2.05, 4.69) is 4.98 Å². The van der Waals surface area contributed by atoms with Crippen molar-refractivity contribution in [2.75, 3.05) is 13.7 Å². The van der Waals surface area contributed by atoms with E-state index in [9.17, 15) is 4.39 Å². The summed E-state index contributed by atoms with van der Waals surface area (Å²) in [6.07, 6.45) is 3.75. The van der Waals surface area contributed by atoms with E-state index in [1.54, 1.807) is 20.4 Å². The summed E-state index contributed by atoms with van der Waals surface area (Å²) in [6.45, 7) is 9.26. The van der Waals surface area contributed by atoms with Crippen molar-refractivity contribution in [1.29, 1.82) is 0 Å². The number of hydrogen-bond donors (Lipinski definition) is 0. The molecule has 21 heavy (non-hydrogen) atoms. The van der Waals surface area contributed by atoms with Crippen molar-refractivity contribution in [1.82, 2.24) is 9.55 Å². The van der Waals surface area contributed by atoms with E-state index in [1.165, 1.54) is 0 Å². The second-order valence-electron chi connectivity index (χ2n) is 6.39. The first kappa shape index (κ1) is 15.7. The molecule has 1 aromatic heterocycles. The number of methoxy groups -OCH3 is 1. The maximum Gasteiger partial charge on any atom is 0.129 e. The third-order valence-corrected chi connectivity index (χ3v) is 3.55. The summed E-state index contributed by atoms with van der Waals surface area (Å²) < 4.78 is 21.4. The van der Waals surface area contributed by atoms with Crippen LogP contribution >= 0.6 is 0 Å². The van der Waals surface area contributed by atoms with Gasteiger partial charge in [-0.25, -0.2) is 9.37 Å². The number of nitrogens with zero attached hydrogens (tertiary/aromatic N) is 2. The van der Waals surface area contributed by atoms with Crippen molar-refractivity contribution in [2.45, 2.75) is 39.7 Å². The first-order chi connectivity index (χ1) is 9.82. The fourth-order valence-corrected chi connectivity index (χ4v) is 2.29. The third-order valence-electron chi connectivity index (χ3n) is 3.55. The number of benzene rings is 1. The lowest BCUT2D eigenvalue weighted by molar-refractivity contribution is 0.187. The molecule has 0 saturated carbocycles. The van der Waals surface area contributed by atoms with Crippen molar-refractivity contribution < 1.29 is 9.13 Å². The van der Waals surface area contributed by atoms with Crippen LogP contribution in [0.2, 0.25) is 0 Å². The molecule has 0 aliphatic heterocycles. The average Bonchev–Trinajstić information content (AvgIpc) is 2.86. The molecule has 0 spiro atoms. The van der Waals surface area contributed by atoms with E-state index in [0.29, 0.717) is 12.2 Å². The van der Waals surface area contributed by atoms with E-state index in [0.717, 1.165) is 23.4 Å². The van der Waals surface area contributed by atoms with E-state index in [-0.39, 0.29) is 11.2 Å². The van der Waals surface area contributed by atoms with Gasteiger partial charge in [-0.1, -0.05) is 20.8 Å². The van der Waals surface area contributed by atoms with Crippen LogP contribution < -0.4 is 0 Å². The first-order valence-corrected chi connectivity index (χ1v) is 7.14. The fourth-order valence-electron chi connectivity index (χ4n) is 2.29. The summed E-state index contributed by atoms with van der Waals surface area (Å²) in [5.74, 6) is -0.120. The number of hydrogen-bond acceptors (Lipinski definition) is 2. The summed E-state index contributed by atoms with van der Waals surface area (Å²) in [6, 6.07) is 3.76. The van der Waals surface area contributed by atoms with Gasteiger partial charge in [0.15, 0.2) is 0 Å². The minimum Gasteiger partial charge on any atom is -0.383 e. The fraction of sp³-hybridized carbons (Fsp3) is 0.471. The molecule has 0 atom stereocenters. The molecule has 0 bridgehead atoms. The van der Waals surface area contributed by atoms with Crippen molar-refractivity contribution in [3.63, 3.8) is 0 Å². The molecule has 0 aliphatic rings. The van der Waals surface area contributed by atoms with Gasteiger partial charge in [0.25, 0.3) is 0 Å². The number of aryl methyl sites for hydroxylation is 1. The van der Waals surface area contributed by atoms with Gasteiger partial charge in [-0.15, -0.1) is 0 Å². The number of imidazole rings is 1. The van der Waals surface area contributed by atoms with Gasteiger partial charge in [0.1, 0.15) is 5.82 Å². The summed E-state index contributed by atoms with van der Waals surface area (Å²) in [5.41, 5.74) is 2.96. The van der Waals surface area contributed by atoms with Crippen molar-refractivity contribution in [3.05, 3.63) is 41.6 Å². The minimum absolute atomic E-state index is 0.120. The highest BCUT2D eigenvalue weighted by Gasteiger charge is 2.21. The van der Waals surface area contributed by atoms with Gasteiger partial charge in [-0.2, -0.15) is 0 Å². The summed E-state index contributed by atoms with van der Waals surface area (Å²) in [7, 11) is 1.68. The average molecular weight is 290 g/mol. The van der Waals surface area contributed by atoms with Gasteiger partial charge in [0, 0.05) is 25.4 Å². The SMILES string of the molecule is COCCn1cnc(-c2cc(C)c(F)c(C(C)(C)C)c2)c1. The van der Waals surface area contributed by atoms with Crippen LogP contribution in [-0.2, 0) is 16.7 Å². The third kappa shape index (κ3) is 3.50. The predicted octanol–water partition coefficient (Wildman–Crippen LogP) is 3.94. The highest BCUT2D eigenvalue weighted by Crippen LogP contribution is 2.31. The Bertz CT molecular complexity index is 626. The largest absolute Gasteiger partial charge is 0.383 e. The van der Waals surface area contributed by atoms with Crippen LogP contribution in [0.1, 0.15) is 31.9 Å². The summed E-state index contributed by atoms with van der Waals surface area (Å²) in [5, 5.41) is 0. The smallest absolute Gasteiger partial charge is 0.129 e.